The number of ether oxygens (including phenoxy) is 1. The Hall–Kier alpha value is -2.76. The van der Waals surface area contributed by atoms with E-state index in [2.05, 4.69) is 5.73 Å². The Kier molecular flexibility index (Phi) is 5.59. The highest BCUT2D eigenvalue weighted by molar-refractivity contribution is 8.02. The first kappa shape index (κ1) is 15.6. The average molecular weight is 317 g/mol. The molecular weight excluding hydrogens is 306 g/mol. The van der Waals surface area contributed by atoms with Gasteiger partial charge in [-0.25, -0.2) is 4.79 Å². The lowest BCUT2D eigenvalue weighted by molar-refractivity contribution is -0.384. The molecule has 0 aliphatic heterocycles. The summed E-state index contributed by atoms with van der Waals surface area (Å²) in [6.45, 7) is 0.0802. The molecule has 0 bridgehead atoms. The number of carbonyl (C=O) groups is 1. The zero-order valence-corrected chi connectivity index (χ0v) is 12.1. The minimum Gasteiger partial charge on any atom is -0.457 e. The first-order valence-electron chi connectivity index (χ1n) is 6.18. The second-order valence-corrected chi connectivity index (χ2v) is 4.88. The molecule has 0 fully saturated rings. The molecule has 2 rings (SSSR count). The van der Waals surface area contributed by atoms with Gasteiger partial charge in [-0.1, -0.05) is 11.8 Å². The van der Waals surface area contributed by atoms with Gasteiger partial charge in [-0.15, -0.1) is 5.73 Å². The summed E-state index contributed by atoms with van der Waals surface area (Å²) >= 11 is 1.35. The summed E-state index contributed by atoms with van der Waals surface area (Å²) in [5, 5.41) is 12.2. The molecule has 7 heteroatoms. The predicted octanol–water partition coefficient (Wildman–Crippen LogP) is 3.81. The topological polar surface area (TPSA) is 82.6 Å². The molecule has 1 aromatic heterocycles. The molecule has 0 aliphatic rings. The van der Waals surface area contributed by atoms with Crippen LogP contribution < -0.4 is 0 Å². The first-order chi connectivity index (χ1) is 10.7. The van der Waals surface area contributed by atoms with Gasteiger partial charge in [-0.05, 0) is 30.3 Å². The maximum absolute atomic E-state index is 11.4. The van der Waals surface area contributed by atoms with E-state index in [0.29, 0.717) is 0 Å². The molecule has 0 aliphatic carbocycles. The minimum absolute atomic E-state index is 0.0497. The molecule has 0 radical (unpaired) electrons. The van der Waals surface area contributed by atoms with Gasteiger partial charge in [0.15, 0.2) is 0 Å². The standard InChI is InChI=1S/C15H11NO5S/c17-15(14-4-3-10-20-14)21-9-1-2-11-22-13-7-5-12(6-8-13)16(18)19/h1,3-8,10-11H,9H2. The van der Waals surface area contributed by atoms with Gasteiger partial charge in [0.25, 0.3) is 5.69 Å². The maximum atomic E-state index is 11.4. The van der Waals surface area contributed by atoms with E-state index in [1.54, 1.807) is 29.7 Å². The second-order valence-electron chi connectivity index (χ2n) is 3.93. The Labute approximate surface area is 130 Å². The molecule has 2 aromatic rings. The van der Waals surface area contributed by atoms with Crippen molar-refractivity contribution in [1.82, 2.24) is 0 Å². The Balaban J connectivity index is 1.77. The molecule has 22 heavy (non-hydrogen) atoms. The predicted molar refractivity (Wildman–Crippen MR) is 80.6 cm³/mol. The van der Waals surface area contributed by atoms with Gasteiger partial charge < -0.3 is 9.15 Å². The molecule has 0 spiro atoms. The highest BCUT2D eigenvalue weighted by atomic mass is 32.2. The van der Waals surface area contributed by atoms with Crippen LogP contribution in [0.4, 0.5) is 5.69 Å². The second kappa shape index (κ2) is 7.87. The van der Waals surface area contributed by atoms with Crippen molar-refractivity contribution in [2.75, 3.05) is 6.61 Å². The molecule has 0 saturated heterocycles. The van der Waals surface area contributed by atoms with Crippen molar-refractivity contribution in [3.63, 3.8) is 0 Å². The van der Waals surface area contributed by atoms with Crippen LogP contribution in [-0.2, 0) is 4.74 Å². The van der Waals surface area contributed by atoms with Gasteiger partial charge in [-0.2, -0.15) is 0 Å². The Morgan fingerprint density at radius 3 is 2.77 bits per heavy atom. The molecule has 1 heterocycles. The van der Waals surface area contributed by atoms with E-state index < -0.39 is 10.9 Å². The number of nitro groups is 1. The van der Waals surface area contributed by atoms with E-state index in [4.69, 9.17) is 9.15 Å². The summed E-state index contributed by atoms with van der Waals surface area (Å²) in [6.07, 6.45) is 2.95. The fourth-order valence-electron chi connectivity index (χ4n) is 1.43. The number of furan rings is 1. The summed E-state index contributed by atoms with van der Waals surface area (Å²) in [6, 6.07) is 9.30. The van der Waals surface area contributed by atoms with Gasteiger partial charge in [-0.3, -0.25) is 10.1 Å². The molecule has 0 saturated carbocycles. The highest BCUT2D eigenvalue weighted by Gasteiger charge is 2.07. The number of esters is 1. The lowest BCUT2D eigenvalue weighted by Crippen LogP contribution is -2.03. The van der Waals surface area contributed by atoms with E-state index >= 15 is 0 Å². The third-order valence-corrected chi connectivity index (χ3v) is 3.25. The smallest absolute Gasteiger partial charge is 0.374 e. The quantitative estimate of drug-likeness (QED) is 0.265. The molecule has 0 N–H and O–H groups in total. The summed E-state index contributed by atoms with van der Waals surface area (Å²) in [4.78, 5) is 22.3. The van der Waals surface area contributed by atoms with Crippen molar-refractivity contribution in [1.29, 1.82) is 0 Å². The fraction of sp³-hybridized carbons (Fsp3) is 0.0667. The van der Waals surface area contributed by atoms with Crippen molar-refractivity contribution < 1.29 is 18.9 Å². The van der Waals surface area contributed by atoms with Crippen molar-refractivity contribution in [2.24, 2.45) is 0 Å². The van der Waals surface area contributed by atoms with Crippen LogP contribution in [0.2, 0.25) is 0 Å². The SMILES string of the molecule is O=C(OCC=C=CSc1ccc([N+](=O)[O-])cc1)c1ccco1. The first-order valence-corrected chi connectivity index (χ1v) is 7.06. The van der Waals surface area contributed by atoms with E-state index in [-0.39, 0.29) is 18.1 Å². The number of rotatable bonds is 6. The lowest BCUT2D eigenvalue weighted by Gasteiger charge is -1.96. The molecule has 6 nitrogen and oxygen atoms in total. The van der Waals surface area contributed by atoms with Crippen LogP contribution in [0.25, 0.3) is 0 Å². The van der Waals surface area contributed by atoms with Gasteiger partial charge in [0.05, 0.1) is 11.2 Å². The van der Waals surface area contributed by atoms with Crippen LogP contribution in [0, 0.1) is 10.1 Å². The Morgan fingerprint density at radius 2 is 2.14 bits per heavy atom. The highest BCUT2D eigenvalue weighted by Crippen LogP contribution is 2.21. The number of nitro benzene ring substituents is 1. The van der Waals surface area contributed by atoms with Crippen LogP contribution in [0.1, 0.15) is 10.6 Å². The number of hydrogen-bond donors (Lipinski definition) is 0. The summed E-state index contributed by atoms with van der Waals surface area (Å²) < 4.78 is 9.81. The van der Waals surface area contributed by atoms with Crippen molar-refractivity contribution in [3.05, 3.63) is 75.8 Å². The zero-order chi connectivity index (χ0) is 15.8. The van der Waals surface area contributed by atoms with E-state index in [1.165, 1.54) is 36.2 Å². The van der Waals surface area contributed by atoms with Gasteiger partial charge in [0, 0.05) is 22.4 Å². The van der Waals surface area contributed by atoms with Crippen LogP contribution in [0.5, 0.6) is 0 Å². The van der Waals surface area contributed by atoms with Crippen molar-refractivity contribution in [2.45, 2.75) is 4.90 Å². The average Bonchev–Trinajstić information content (AvgIpc) is 3.05. The van der Waals surface area contributed by atoms with Crippen LogP contribution in [-0.4, -0.2) is 17.5 Å². The van der Waals surface area contributed by atoms with Gasteiger partial charge in [0.1, 0.15) is 6.61 Å². The van der Waals surface area contributed by atoms with E-state index in [1.807, 2.05) is 0 Å². The molecule has 0 atom stereocenters. The molecule has 112 valence electrons. The largest absolute Gasteiger partial charge is 0.457 e. The van der Waals surface area contributed by atoms with Crippen molar-refractivity contribution >= 4 is 23.4 Å². The van der Waals surface area contributed by atoms with E-state index in [9.17, 15) is 14.9 Å². The Bertz CT molecular complexity index is 700. The molecule has 0 unspecified atom stereocenters. The number of benzene rings is 1. The number of non-ortho nitro benzene ring substituents is 1. The number of nitrogens with zero attached hydrogens (tertiary/aromatic N) is 1. The third kappa shape index (κ3) is 4.66. The van der Waals surface area contributed by atoms with Crippen LogP contribution in [0.15, 0.2) is 69.2 Å². The van der Waals surface area contributed by atoms with Crippen LogP contribution in [0.3, 0.4) is 0 Å². The zero-order valence-electron chi connectivity index (χ0n) is 11.3. The van der Waals surface area contributed by atoms with E-state index in [0.717, 1.165) is 4.90 Å². The monoisotopic (exact) mass is 317 g/mol. The van der Waals surface area contributed by atoms with Crippen molar-refractivity contribution in [3.8, 4) is 0 Å². The van der Waals surface area contributed by atoms with Gasteiger partial charge >= 0.3 is 5.97 Å². The number of thioether (sulfide) groups is 1. The molecular formula is C15H11NO5S. The third-order valence-electron chi connectivity index (χ3n) is 2.45. The normalized spacial score (nSPS) is 9.64. The van der Waals surface area contributed by atoms with Gasteiger partial charge in [0.2, 0.25) is 5.76 Å². The Morgan fingerprint density at radius 1 is 1.36 bits per heavy atom. The summed E-state index contributed by atoms with van der Waals surface area (Å²) in [7, 11) is 0. The summed E-state index contributed by atoms with van der Waals surface area (Å²) in [5.41, 5.74) is 2.89. The number of carbonyl (C=O) groups excluding carboxylic acids is 1. The number of hydrogen-bond acceptors (Lipinski definition) is 6. The lowest BCUT2D eigenvalue weighted by atomic mass is 10.3. The molecule has 0 amide bonds. The summed E-state index contributed by atoms with van der Waals surface area (Å²) in [5.74, 6) is -0.385. The molecule has 1 aromatic carbocycles. The maximum Gasteiger partial charge on any atom is 0.374 e. The minimum atomic E-state index is -0.536. The fourth-order valence-corrected chi connectivity index (χ4v) is 2.02. The van der Waals surface area contributed by atoms with Crippen LogP contribution >= 0.6 is 11.8 Å².